The third-order valence-electron chi connectivity index (χ3n) is 13.1. The summed E-state index contributed by atoms with van der Waals surface area (Å²) < 4.78 is 7.31. The Bertz CT molecular complexity index is 3870. The monoisotopic (exact) mass is 747 g/mol. The molecule has 59 heavy (non-hydrogen) atoms. The molecule has 0 aliphatic rings. The van der Waals surface area contributed by atoms with Crippen molar-refractivity contribution in [2.75, 3.05) is 0 Å². The molecule has 0 atom stereocenters. The van der Waals surface area contributed by atoms with Gasteiger partial charge in [-0.25, -0.2) is 0 Å². The summed E-state index contributed by atoms with van der Waals surface area (Å²) in [7, 11) is 0. The van der Waals surface area contributed by atoms with Crippen LogP contribution in [0.5, 0.6) is 0 Å². The summed E-state index contributed by atoms with van der Waals surface area (Å²) in [5.74, 6) is 0. The second-order valence-electron chi connectivity index (χ2n) is 16.2. The highest BCUT2D eigenvalue weighted by molar-refractivity contribution is 6.25. The maximum atomic E-state index is 2.46. The normalized spacial score (nSPS) is 12.4. The highest BCUT2D eigenvalue weighted by Gasteiger charge is 2.20. The van der Waals surface area contributed by atoms with E-state index in [1.54, 1.807) is 0 Å². The molecule has 3 aromatic heterocycles. The highest BCUT2D eigenvalue weighted by Crippen LogP contribution is 2.43. The maximum absolute atomic E-state index is 2.46. The fourth-order valence-corrected chi connectivity index (χ4v) is 10.5. The Morgan fingerprint density at radius 3 is 1.20 bits per heavy atom. The van der Waals surface area contributed by atoms with Crippen molar-refractivity contribution in [2.24, 2.45) is 0 Å². The number of rotatable bonds is 4. The molecule has 0 saturated heterocycles. The molecule has 0 radical (unpaired) electrons. The minimum absolute atomic E-state index is 1.16. The van der Waals surface area contributed by atoms with Gasteiger partial charge in [-0.15, -0.1) is 0 Å². The van der Waals surface area contributed by atoms with E-state index in [2.05, 4.69) is 214 Å². The minimum atomic E-state index is 1.16. The number of nitrogens with zero attached hydrogens (tertiary/aromatic N) is 3. The molecule has 0 bridgehead atoms. The van der Waals surface area contributed by atoms with Gasteiger partial charge in [-0.2, -0.15) is 0 Å². The molecule has 0 spiro atoms. The predicted octanol–water partition coefficient (Wildman–Crippen LogP) is 15.0. The highest BCUT2D eigenvalue weighted by atomic mass is 15.0. The molecule has 3 heteroatoms. The molecule has 0 fully saturated rings. The van der Waals surface area contributed by atoms with Gasteiger partial charge in [0.15, 0.2) is 0 Å². The maximum Gasteiger partial charge on any atom is 0.0547 e. The number of hydrogen-bond acceptors (Lipinski definition) is 0. The molecule has 0 aliphatic heterocycles. The average molecular weight is 748 g/mol. The fraction of sp³-hybridized carbons (Fsp3) is 0. The number of fused-ring (bicyclic) bond motifs is 4. The van der Waals surface area contributed by atoms with Crippen molar-refractivity contribution in [2.45, 2.75) is 0 Å². The largest absolute Gasteiger partial charge is 0.309 e. The molecule has 0 unspecified atom stereocenters. The molecule has 14 rings (SSSR count). The van der Waals surface area contributed by atoms with Gasteiger partial charge in [0.2, 0.25) is 0 Å². The van der Waals surface area contributed by atoms with Crippen molar-refractivity contribution in [1.82, 2.24) is 13.7 Å². The first-order valence-corrected chi connectivity index (χ1v) is 20.4. The van der Waals surface area contributed by atoms with Crippen LogP contribution in [0, 0.1) is 0 Å². The van der Waals surface area contributed by atoms with Crippen LogP contribution in [-0.2, 0) is 0 Å². The first-order valence-electron chi connectivity index (χ1n) is 20.4. The molecule has 11 aromatic carbocycles. The Kier molecular flexibility index (Phi) is 6.02. The van der Waals surface area contributed by atoms with Gasteiger partial charge in [0.1, 0.15) is 0 Å². The molecule has 0 N–H and O–H groups in total. The van der Waals surface area contributed by atoms with E-state index in [-0.39, 0.29) is 0 Å². The van der Waals surface area contributed by atoms with Gasteiger partial charge in [-0.3, -0.25) is 0 Å². The molecular formula is C56H33N3. The third kappa shape index (κ3) is 4.21. The summed E-state index contributed by atoms with van der Waals surface area (Å²) in [4.78, 5) is 0. The summed E-state index contributed by atoms with van der Waals surface area (Å²) in [6.45, 7) is 0. The smallest absolute Gasteiger partial charge is 0.0547 e. The molecule has 3 heterocycles. The lowest BCUT2D eigenvalue weighted by Gasteiger charge is -2.11. The lowest BCUT2D eigenvalue weighted by molar-refractivity contribution is 1.17. The summed E-state index contributed by atoms with van der Waals surface area (Å²) >= 11 is 0. The lowest BCUT2D eigenvalue weighted by Crippen LogP contribution is -1.95. The van der Waals surface area contributed by atoms with Gasteiger partial charge in [0.25, 0.3) is 0 Å². The second-order valence-corrected chi connectivity index (χ2v) is 16.2. The van der Waals surface area contributed by atoms with Crippen LogP contribution < -0.4 is 0 Å². The van der Waals surface area contributed by atoms with Crippen LogP contribution in [-0.4, -0.2) is 13.7 Å². The second kappa shape index (κ2) is 11.4. The van der Waals surface area contributed by atoms with Crippen molar-refractivity contribution in [3.8, 4) is 28.2 Å². The van der Waals surface area contributed by atoms with Crippen LogP contribution in [0.1, 0.15) is 0 Å². The molecule has 272 valence electrons. The zero-order chi connectivity index (χ0) is 38.3. The quantitative estimate of drug-likeness (QED) is 0.159. The molecule has 3 nitrogen and oxygen atoms in total. The van der Waals surface area contributed by atoms with E-state index >= 15 is 0 Å². The number of para-hydroxylation sites is 1. The summed E-state index contributed by atoms with van der Waals surface area (Å²) in [5.41, 5.74) is 13.3. The summed E-state index contributed by atoms with van der Waals surface area (Å²) in [5, 5.41) is 15.4. The third-order valence-corrected chi connectivity index (χ3v) is 13.1. The van der Waals surface area contributed by atoms with Crippen molar-refractivity contribution in [1.29, 1.82) is 0 Å². The summed E-state index contributed by atoms with van der Waals surface area (Å²) in [6, 6.07) is 74.3. The average Bonchev–Trinajstić information content (AvgIpc) is 3.94. The Morgan fingerprint density at radius 2 is 0.627 bits per heavy atom. The van der Waals surface area contributed by atoms with Gasteiger partial charge >= 0.3 is 0 Å². The van der Waals surface area contributed by atoms with Gasteiger partial charge in [-0.1, -0.05) is 115 Å². The van der Waals surface area contributed by atoms with E-state index in [4.69, 9.17) is 0 Å². The first-order chi connectivity index (χ1) is 29.2. The van der Waals surface area contributed by atoms with E-state index in [0.29, 0.717) is 0 Å². The van der Waals surface area contributed by atoms with Gasteiger partial charge in [-0.05, 0) is 128 Å². The van der Waals surface area contributed by atoms with Gasteiger partial charge in [0, 0.05) is 49.4 Å². The molecule has 0 amide bonds. The van der Waals surface area contributed by atoms with Crippen LogP contribution in [0.2, 0.25) is 0 Å². The van der Waals surface area contributed by atoms with Crippen molar-refractivity contribution in [3.05, 3.63) is 200 Å². The van der Waals surface area contributed by atoms with Crippen LogP contribution in [0.3, 0.4) is 0 Å². The van der Waals surface area contributed by atoms with Crippen LogP contribution in [0.25, 0.3) is 126 Å². The van der Waals surface area contributed by atoms with E-state index in [1.807, 2.05) is 0 Å². The Balaban J connectivity index is 0.946. The standard InChI is InChI=1S/C56H33N3/c1-2-12-42(13-3-1)57-47-28-25-41(32-45(47)46-33-44(27-29-48(46)57)59-51-16-6-10-36-20-21-37-11-7-17-52(59)56(37)55(36)51)38-22-23-40-31-43(26-24-39(40)30-38)58-49-14-4-8-34-18-19-35-9-5-15-50(58)54(35)53(34)49/h1-33H. The van der Waals surface area contributed by atoms with Gasteiger partial charge in [0.05, 0.1) is 33.1 Å². The number of aromatic nitrogens is 3. The van der Waals surface area contributed by atoms with Crippen molar-refractivity contribution in [3.63, 3.8) is 0 Å². The van der Waals surface area contributed by atoms with Gasteiger partial charge < -0.3 is 13.7 Å². The molecule has 14 aromatic rings. The van der Waals surface area contributed by atoms with Crippen LogP contribution >= 0.6 is 0 Å². The van der Waals surface area contributed by atoms with E-state index in [9.17, 15) is 0 Å². The van der Waals surface area contributed by atoms with E-state index in [0.717, 1.165) is 5.69 Å². The minimum Gasteiger partial charge on any atom is -0.309 e. The summed E-state index contributed by atoms with van der Waals surface area (Å²) in [6.07, 6.45) is 0. The molecule has 0 saturated carbocycles. The van der Waals surface area contributed by atoms with Crippen LogP contribution in [0.4, 0.5) is 0 Å². The zero-order valence-corrected chi connectivity index (χ0v) is 31.9. The van der Waals surface area contributed by atoms with E-state index in [1.165, 1.54) is 120 Å². The zero-order valence-electron chi connectivity index (χ0n) is 31.9. The fourth-order valence-electron chi connectivity index (χ4n) is 10.5. The Hall–Kier alpha value is -7.88. The molecular weight excluding hydrogens is 715 g/mol. The predicted molar refractivity (Wildman–Crippen MR) is 250 cm³/mol. The topological polar surface area (TPSA) is 14.8 Å². The number of hydrogen-bond donors (Lipinski definition) is 0. The van der Waals surface area contributed by atoms with Crippen LogP contribution in [0.15, 0.2) is 200 Å². The lowest BCUT2D eigenvalue weighted by atomic mass is 9.99. The Morgan fingerprint density at radius 1 is 0.220 bits per heavy atom. The first kappa shape index (κ1) is 31.2. The Labute approximate surface area is 338 Å². The number of benzene rings is 11. The molecule has 0 aliphatic carbocycles. The van der Waals surface area contributed by atoms with Crippen molar-refractivity contribution < 1.29 is 0 Å². The van der Waals surface area contributed by atoms with Crippen molar-refractivity contribution >= 4 is 97.7 Å². The SMILES string of the molecule is c1ccc(-n2c3ccc(-c4ccc5cc(-n6c7cccc8ccc9cccc6c9c87)ccc5c4)cc3c3cc(-n4c5cccc6ccc7cccc4c7c65)ccc32)cc1. The van der Waals surface area contributed by atoms with E-state index < -0.39 is 0 Å².